The predicted molar refractivity (Wildman–Crippen MR) is 128 cm³/mol. The van der Waals surface area contributed by atoms with Crippen molar-refractivity contribution in [3.05, 3.63) is 94.8 Å². The van der Waals surface area contributed by atoms with Gasteiger partial charge in [0.05, 0.1) is 29.9 Å². The third-order valence-electron chi connectivity index (χ3n) is 5.27. The van der Waals surface area contributed by atoms with Gasteiger partial charge in [-0.2, -0.15) is 4.99 Å². The number of aromatic nitrogens is 1. The van der Waals surface area contributed by atoms with Crippen molar-refractivity contribution in [2.45, 2.75) is 19.4 Å². The molecule has 0 fully saturated rings. The Balaban J connectivity index is 1.81. The lowest BCUT2D eigenvalue weighted by molar-refractivity contribution is -0.118. The Morgan fingerprint density at radius 3 is 2.25 bits per heavy atom. The van der Waals surface area contributed by atoms with Gasteiger partial charge in [-0.3, -0.25) is 4.79 Å². The summed E-state index contributed by atoms with van der Waals surface area (Å²) in [7, 11) is 1.65. The summed E-state index contributed by atoms with van der Waals surface area (Å²) in [6.07, 6.45) is 0. The lowest BCUT2D eigenvalue weighted by atomic mass is 9.91. The van der Waals surface area contributed by atoms with Crippen molar-refractivity contribution in [1.29, 1.82) is 0 Å². The summed E-state index contributed by atoms with van der Waals surface area (Å²) in [6, 6.07) is 25.5. The first-order valence-corrected chi connectivity index (χ1v) is 11.5. The van der Waals surface area contributed by atoms with Crippen molar-refractivity contribution in [1.82, 2.24) is 4.57 Å². The van der Waals surface area contributed by atoms with E-state index in [0.717, 1.165) is 27.1 Å². The molecule has 4 aromatic rings. The smallest absolute Gasteiger partial charge is 0.260 e. The maximum atomic E-state index is 13.6. The van der Waals surface area contributed by atoms with Gasteiger partial charge in [-0.05, 0) is 36.2 Å². The Bertz CT molecular complexity index is 1210. The van der Waals surface area contributed by atoms with Crippen LogP contribution in [0.3, 0.4) is 0 Å². The van der Waals surface area contributed by atoms with Crippen molar-refractivity contribution in [2.75, 3.05) is 20.3 Å². The number of amides is 1. The highest BCUT2D eigenvalue weighted by Gasteiger charge is 2.22. The van der Waals surface area contributed by atoms with Crippen LogP contribution in [0, 0.1) is 0 Å². The van der Waals surface area contributed by atoms with E-state index in [1.165, 1.54) is 11.3 Å². The molecule has 0 aliphatic heterocycles. The molecule has 0 saturated carbocycles. The fourth-order valence-electron chi connectivity index (χ4n) is 3.71. The fourth-order valence-corrected chi connectivity index (χ4v) is 4.80. The minimum atomic E-state index is -0.461. The summed E-state index contributed by atoms with van der Waals surface area (Å²) < 4.78 is 14.0. The van der Waals surface area contributed by atoms with Gasteiger partial charge in [-0.25, -0.2) is 0 Å². The van der Waals surface area contributed by atoms with E-state index < -0.39 is 5.92 Å². The van der Waals surface area contributed by atoms with E-state index in [1.807, 2.05) is 85.8 Å². The first-order chi connectivity index (χ1) is 15.7. The second-order valence-electron chi connectivity index (χ2n) is 7.27. The van der Waals surface area contributed by atoms with E-state index in [1.54, 1.807) is 7.11 Å². The molecule has 0 aliphatic carbocycles. The van der Waals surface area contributed by atoms with E-state index in [4.69, 9.17) is 9.47 Å². The monoisotopic (exact) mass is 446 g/mol. The number of fused-ring (bicyclic) bond motifs is 1. The fraction of sp³-hybridized carbons (Fsp3) is 0.231. The number of rotatable bonds is 8. The number of nitrogens with zero attached hydrogens (tertiary/aromatic N) is 2. The summed E-state index contributed by atoms with van der Waals surface area (Å²) in [6.45, 7) is 3.79. The second kappa shape index (κ2) is 10.4. The van der Waals surface area contributed by atoms with Crippen LogP contribution in [0.2, 0.25) is 0 Å². The van der Waals surface area contributed by atoms with Crippen molar-refractivity contribution in [3.63, 3.8) is 0 Å². The number of hydrogen-bond donors (Lipinski definition) is 0. The van der Waals surface area contributed by atoms with Crippen LogP contribution in [0.1, 0.15) is 24.0 Å². The van der Waals surface area contributed by atoms with Crippen LogP contribution in [0.4, 0.5) is 0 Å². The molecule has 1 aromatic heterocycles. The van der Waals surface area contributed by atoms with E-state index in [0.29, 0.717) is 24.6 Å². The van der Waals surface area contributed by atoms with Gasteiger partial charge in [-0.1, -0.05) is 72.0 Å². The van der Waals surface area contributed by atoms with Crippen LogP contribution in [0.5, 0.6) is 5.75 Å². The highest BCUT2D eigenvalue weighted by molar-refractivity contribution is 7.16. The Labute approximate surface area is 191 Å². The zero-order chi connectivity index (χ0) is 22.3. The summed E-state index contributed by atoms with van der Waals surface area (Å²) >= 11 is 1.49. The number of benzene rings is 3. The average Bonchev–Trinajstić information content (AvgIpc) is 3.16. The van der Waals surface area contributed by atoms with E-state index >= 15 is 0 Å². The maximum Gasteiger partial charge on any atom is 0.260 e. The number of methoxy groups -OCH3 is 1. The van der Waals surface area contributed by atoms with E-state index in [-0.39, 0.29) is 5.91 Å². The van der Waals surface area contributed by atoms with Crippen LogP contribution in [-0.2, 0) is 16.1 Å². The van der Waals surface area contributed by atoms with Crippen LogP contribution in [-0.4, -0.2) is 30.8 Å². The summed E-state index contributed by atoms with van der Waals surface area (Å²) in [4.78, 5) is 18.9. The van der Waals surface area contributed by atoms with Gasteiger partial charge >= 0.3 is 0 Å². The number of thiazole rings is 1. The molecule has 5 nitrogen and oxygen atoms in total. The largest absolute Gasteiger partial charge is 0.497 e. The van der Waals surface area contributed by atoms with Gasteiger partial charge in [0, 0.05) is 13.2 Å². The Morgan fingerprint density at radius 2 is 1.66 bits per heavy atom. The molecule has 4 rings (SSSR count). The molecule has 164 valence electrons. The van der Waals surface area contributed by atoms with Crippen LogP contribution >= 0.6 is 11.3 Å². The van der Waals surface area contributed by atoms with Gasteiger partial charge in [0.15, 0.2) is 4.80 Å². The van der Waals surface area contributed by atoms with Gasteiger partial charge < -0.3 is 14.0 Å². The highest BCUT2D eigenvalue weighted by atomic mass is 32.1. The molecule has 0 N–H and O–H groups in total. The van der Waals surface area contributed by atoms with Crippen molar-refractivity contribution >= 4 is 27.5 Å². The zero-order valence-electron chi connectivity index (χ0n) is 18.2. The molecule has 6 heteroatoms. The first kappa shape index (κ1) is 22.0. The van der Waals surface area contributed by atoms with Crippen molar-refractivity contribution < 1.29 is 14.3 Å². The molecule has 1 heterocycles. The van der Waals surface area contributed by atoms with Crippen LogP contribution < -0.4 is 9.54 Å². The highest BCUT2D eigenvalue weighted by Crippen LogP contribution is 2.27. The summed E-state index contributed by atoms with van der Waals surface area (Å²) in [5.41, 5.74) is 2.87. The number of carbonyl (C=O) groups is 1. The minimum absolute atomic E-state index is 0.189. The SMILES string of the molecule is CCOCCn1c(=NC(=O)C(c2ccccc2)c2ccccc2)sc2cc(OC)ccc21. The van der Waals surface area contributed by atoms with E-state index in [9.17, 15) is 4.79 Å². The molecule has 3 aromatic carbocycles. The van der Waals surface area contributed by atoms with Gasteiger partial charge in [0.1, 0.15) is 5.75 Å². The molecular weight excluding hydrogens is 420 g/mol. The predicted octanol–water partition coefficient (Wildman–Crippen LogP) is 5.01. The molecule has 1 amide bonds. The molecule has 0 saturated heterocycles. The molecule has 0 radical (unpaired) electrons. The molecule has 32 heavy (non-hydrogen) atoms. The van der Waals surface area contributed by atoms with Gasteiger partial charge in [-0.15, -0.1) is 0 Å². The lowest BCUT2D eigenvalue weighted by Gasteiger charge is -2.14. The first-order valence-electron chi connectivity index (χ1n) is 10.6. The molecule has 0 bridgehead atoms. The zero-order valence-corrected chi connectivity index (χ0v) is 19.0. The standard InChI is InChI=1S/C26H26N2O3S/c1-3-31-17-16-28-22-15-14-21(30-2)18-23(22)32-26(28)27-25(29)24(19-10-6-4-7-11-19)20-12-8-5-9-13-20/h4-15,18,24H,3,16-17H2,1-2H3. The maximum absolute atomic E-state index is 13.6. The van der Waals surface area contributed by atoms with Crippen molar-refractivity contribution in [3.8, 4) is 5.75 Å². The van der Waals surface area contributed by atoms with E-state index in [2.05, 4.69) is 9.56 Å². The quantitative estimate of drug-likeness (QED) is 0.358. The Kier molecular flexibility index (Phi) is 7.14. The van der Waals surface area contributed by atoms with Gasteiger partial charge in [0.2, 0.25) is 0 Å². The average molecular weight is 447 g/mol. The molecule has 0 unspecified atom stereocenters. The molecular formula is C26H26N2O3S. The molecule has 0 atom stereocenters. The summed E-state index contributed by atoms with van der Waals surface area (Å²) in [5, 5.41) is 0. The topological polar surface area (TPSA) is 52.8 Å². The Morgan fingerprint density at radius 1 is 1.00 bits per heavy atom. The third-order valence-corrected chi connectivity index (χ3v) is 6.31. The van der Waals surface area contributed by atoms with Gasteiger partial charge in [0.25, 0.3) is 5.91 Å². The second-order valence-corrected chi connectivity index (χ2v) is 8.28. The molecule has 0 spiro atoms. The summed E-state index contributed by atoms with van der Waals surface area (Å²) in [5.74, 6) is 0.128. The molecule has 0 aliphatic rings. The number of hydrogen-bond acceptors (Lipinski definition) is 4. The number of carbonyl (C=O) groups excluding carboxylic acids is 1. The lowest BCUT2D eigenvalue weighted by Crippen LogP contribution is -2.22. The third kappa shape index (κ3) is 4.82. The van der Waals surface area contributed by atoms with Crippen molar-refractivity contribution in [2.24, 2.45) is 4.99 Å². The van der Waals surface area contributed by atoms with Crippen LogP contribution in [0.25, 0.3) is 10.2 Å². The normalized spacial score (nSPS) is 11.9. The number of ether oxygens (including phenoxy) is 2. The Hall–Kier alpha value is -3.22. The minimum Gasteiger partial charge on any atom is -0.497 e. The van der Waals surface area contributed by atoms with Crippen LogP contribution in [0.15, 0.2) is 83.9 Å².